The van der Waals surface area contributed by atoms with E-state index in [0.717, 1.165) is 36.1 Å². The van der Waals surface area contributed by atoms with Gasteiger partial charge in [0, 0.05) is 11.3 Å². The van der Waals surface area contributed by atoms with Crippen molar-refractivity contribution in [3.63, 3.8) is 0 Å². The maximum Gasteiger partial charge on any atom is 0.341 e. The first-order valence-electron chi connectivity index (χ1n) is 9.21. The van der Waals surface area contributed by atoms with Crippen LogP contribution in [0.3, 0.4) is 0 Å². The van der Waals surface area contributed by atoms with Crippen molar-refractivity contribution >= 4 is 34.2 Å². The lowest BCUT2D eigenvalue weighted by Gasteiger charge is -2.10. The Bertz CT molecular complexity index is 661. The van der Waals surface area contributed by atoms with Gasteiger partial charge in [0.2, 0.25) is 0 Å². The van der Waals surface area contributed by atoms with Crippen molar-refractivity contribution in [2.24, 2.45) is 5.92 Å². The first-order valence-corrected chi connectivity index (χ1v) is 10.0. The third-order valence-electron chi connectivity index (χ3n) is 4.59. The molecule has 1 N–H and O–H groups in total. The molecule has 1 aliphatic rings. The first-order chi connectivity index (χ1) is 12.5. The first kappa shape index (κ1) is 20.4. The highest BCUT2D eigenvalue weighted by Gasteiger charge is 2.24. The molecular formula is C19H27NO5S. The second kappa shape index (κ2) is 9.71. The Morgan fingerprint density at radius 3 is 2.46 bits per heavy atom. The van der Waals surface area contributed by atoms with Crippen molar-refractivity contribution in [2.45, 2.75) is 59.3 Å². The number of amides is 1. The summed E-state index contributed by atoms with van der Waals surface area (Å²) in [6.45, 7) is 5.53. The van der Waals surface area contributed by atoms with Crippen LogP contribution in [0.2, 0.25) is 0 Å². The Morgan fingerprint density at radius 2 is 1.85 bits per heavy atom. The van der Waals surface area contributed by atoms with E-state index in [9.17, 15) is 14.4 Å². The second-order valence-electron chi connectivity index (χ2n) is 6.48. The predicted octanol–water partition coefficient (Wildman–Crippen LogP) is 3.86. The number of aryl methyl sites for hydroxylation is 1. The largest absolute Gasteiger partial charge is 0.462 e. The SMILES string of the molecule is CCOC(=O)c1c(NC(=O)COC(=O)CC2CCCC2)sc(C)c1CC. The molecule has 2 rings (SSSR count). The highest BCUT2D eigenvalue weighted by Crippen LogP contribution is 2.34. The van der Waals surface area contributed by atoms with Gasteiger partial charge in [0.15, 0.2) is 6.61 Å². The summed E-state index contributed by atoms with van der Waals surface area (Å²) in [4.78, 5) is 37.2. The molecular weight excluding hydrogens is 354 g/mol. The summed E-state index contributed by atoms with van der Waals surface area (Å²) in [6.07, 6.45) is 5.47. The molecule has 0 atom stereocenters. The zero-order valence-corrected chi connectivity index (χ0v) is 16.5. The molecule has 1 fully saturated rings. The number of carbonyl (C=O) groups excluding carboxylic acids is 3. The smallest absolute Gasteiger partial charge is 0.341 e. The van der Waals surface area contributed by atoms with Crippen LogP contribution >= 0.6 is 11.3 Å². The highest BCUT2D eigenvalue weighted by molar-refractivity contribution is 7.16. The van der Waals surface area contributed by atoms with E-state index in [4.69, 9.17) is 9.47 Å². The Kier molecular flexibility index (Phi) is 7.63. The fourth-order valence-electron chi connectivity index (χ4n) is 3.33. The molecule has 0 radical (unpaired) electrons. The summed E-state index contributed by atoms with van der Waals surface area (Å²) in [5.41, 5.74) is 1.28. The quantitative estimate of drug-likeness (QED) is 0.692. The average molecular weight is 381 g/mol. The molecule has 1 aliphatic carbocycles. The van der Waals surface area contributed by atoms with Crippen LogP contribution in [-0.4, -0.2) is 31.1 Å². The Morgan fingerprint density at radius 1 is 1.15 bits per heavy atom. The standard InChI is InChI=1S/C19H27NO5S/c1-4-14-12(3)26-18(17(14)19(23)24-5-2)20-15(21)11-25-16(22)10-13-8-6-7-9-13/h13H,4-11H2,1-3H3,(H,20,21). The zero-order valence-electron chi connectivity index (χ0n) is 15.7. The maximum atomic E-state index is 12.2. The average Bonchev–Trinajstić information content (AvgIpc) is 3.20. The topological polar surface area (TPSA) is 81.7 Å². The summed E-state index contributed by atoms with van der Waals surface area (Å²) in [7, 11) is 0. The van der Waals surface area contributed by atoms with Gasteiger partial charge in [-0.2, -0.15) is 0 Å². The van der Waals surface area contributed by atoms with Gasteiger partial charge in [-0.1, -0.05) is 19.8 Å². The third-order valence-corrected chi connectivity index (χ3v) is 5.65. The Labute approximate surface area is 158 Å². The number of rotatable bonds is 8. The molecule has 26 heavy (non-hydrogen) atoms. The Hall–Kier alpha value is -1.89. The molecule has 1 saturated carbocycles. The number of esters is 2. The van der Waals surface area contributed by atoms with Gasteiger partial charge in [0.05, 0.1) is 12.2 Å². The van der Waals surface area contributed by atoms with Gasteiger partial charge in [-0.3, -0.25) is 9.59 Å². The van der Waals surface area contributed by atoms with Crippen molar-refractivity contribution in [3.8, 4) is 0 Å². The molecule has 1 aromatic heterocycles. The van der Waals surface area contributed by atoms with Gasteiger partial charge in [-0.15, -0.1) is 11.3 Å². The number of hydrogen-bond acceptors (Lipinski definition) is 6. The predicted molar refractivity (Wildman–Crippen MR) is 101 cm³/mol. The van der Waals surface area contributed by atoms with Crippen LogP contribution in [0.25, 0.3) is 0 Å². The summed E-state index contributed by atoms with van der Waals surface area (Å²) < 4.78 is 10.2. The Balaban J connectivity index is 1.95. The maximum absolute atomic E-state index is 12.2. The van der Waals surface area contributed by atoms with Crippen LogP contribution in [-0.2, 0) is 25.5 Å². The number of carbonyl (C=O) groups is 3. The van der Waals surface area contributed by atoms with Gasteiger partial charge in [0.1, 0.15) is 5.00 Å². The summed E-state index contributed by atoms with van der Waals surface area (Å²) in [5, 5.41) is 3.15. The number of thiophene rings is 1. The molecule has 144 valence electrons. The lowest BCUT2D eigenvalue weighted by atomic mass is 10.1. The van der Waals surface area contributed by atoms with Gasteiger partial charge in [0.25, 0.3) is 5.91 Å². The summed E-state index contributed by atoms with van der Waals surface area (Å²) in [5.74, 6) is -0.844. The molecule has 1 heterocycles. The van der Waals surface area contributed by atoms with E-state index in [-0.39, 0.29) is 19.2 Å². The molecule has 0 spiro atoms. The normalized spacial score (nSPS) is 14.3. The lowest BCUT2D eigenvalue weighted by molar-refractivity contribution is -0.148. The summed E-state index contributed by atoms with van der Waals surface area (Å²) in [6, 6.07) is 0. The zero-order chi connectivity index (χ0) is 19.1. The molecule has 1 amide bonds. The van der Waals surface area contributed by atoms with Crippen LogP contribution in [0.5, 0.6) is 0 Å². The third kappa shape index (κ3) is 5.30. The van der Waals surface area contributed by atoms with E-state index in [0.29, 0.717) is 29.3 Å². The van der Waals surface area contributed by atoms with Crippen molar-refractivity contribution in [1.82, 2.24) is 0 Å². The monoisotopic (exact) mass is 381 g/mol. The molecule has 6 nitrogen and oxygen atoms in total. The molecule has 0 unspecified atom stereocenters. The fraction of sp³-hybridized carbons (Fsp3) is 0.632. The van der Waals surface area contributed by atoms with E-state index < -0.39 is 11.9 Å². The molecule has 1 aromatic rings. The van der Waals surface area contributed by atoms with E-state index >= 15 is 0 Å². The van der Waals surface area contributed by atoms with Crippen LogP contribution < -0.4 is 5.32 Å². The van der Waals surface area contributed by atoms with E-state index in [1.54, 1.807) is 6.92 Å². The number of nitrogens with one attached hydrogen (secondary N) is 1. The van der Waals surface area contributed by atoms with Crippen molar-refractivity contribution in [1.29, 1.82) is 0 Å². The van der Waals surface area contributed by atoms with E-state index in [1.807, 2.05) is 13.8 Å². The molecule has 0 aliphatic heterocycles. The number of ether oxygens (including phenoxy) is 2. The highest BCUT2D eigenvalue weighted by atomic mass is 32.1. The molecule has 0 bridgehead atoms. The van der Waals surface area contributed by atoms with Crippen LogP contribution in [0.15, 0.2) is 0 Å². The van der Waals surface area contributed by atoms with Gasteiger partial charge < -0.3 is 14.8 Å². The van der Waals surface area contributed by atoms with E-state index in [1.165, 1.54) is 11.3 Å². The van der Waals surface area contributed by atoms with Gasteiger partial charge >= 0.3 is 11.9 Å². The van der Waals surface area contributed by atoms with Crippen molar-refractivity contribution in [2.75, 3.05) is 18.5 Å². The second-order valence-corrected chi connectivity index (χ2v) is 7.70. The minimum atomic E-state index is -0.445. The minimum Gasteiger partial charge on any atom is -0.462 e. The molecule has 0 saturated heterocycles. The van der Waals surface area contributed by atoms with Crippen molar-refractivity contribution in [3.05, 3.63) is 16.0 Å². The lowest BCUT2D eigenvalue weighted by Crippen LogP contribution is -2.22. The van der Waals surface area contributed by atoms with Crippen LogP contribution in [0.4, 0.5) is 5.00 Å². The van der Waals surface area contributed by atoms with Gasteiger partial charge in [-0.25, -0.2) is 4.79 Å². The molecule has 7 heteroatoms. The number of anilines is 1. The van der Waals surface area contributed by atoms with E-state index in [2.05, 4.69) is 5.32 Å². The molecule has 0 aromatic carbocycles. The number of hydrogen-bond donors (Lipinski definition) is 1. The summed E-state index contributed by atoms with van der Waals surface area (Å²) >= 11 is 1.34. The van der Waals surface area contributed by atoms with Crippen molar-refractivity contribution < 1.29 is 23.9 Å². The van der Waals surface area contributed by atoms with Gasteiger partial charge in [-0.05, 0) is 44.6 Å². The minimum absolute atomic E-state index is 0.267. The fourth-order valence-corrected chi connectivity index (χ4v) is 4.48. The van der Waals surface area contributed by atoms with Crippen LogP contribution in [0.1, 0.15) is 66.8 Å². The van der Waals surface area contributed by atoms with Crippen LogP contribution in [0, 0.1) is 12.8 Å².